The Morgan fingerprint density at radius 2 is 1.90 bits per heavy atom. The van der Waals surface area contributed by atoms with E-state index < -0.39 is 0 Å². The molecule has 3 fully saturated rings. The molecule has 1 aromatic heterocycles. The Morgan fingerprint density at radius 3 is 2.73 bits per heavy atom. The highest BCUT2D eigenvalue weighted by atomic mass is 16.6. The minimum atomic E-state index is -0.164. The highest BCUT2D eigenvalue weighted by Gasteiger charge is 2.39. The molecule has 3 saturated heterocycles. The lowest BCUT2D eigenvalue weighted by Crippen LogP contribution is -2.53. The van der Waals surface area contributed by atoms with Gasteiger partial charge in [0.15, 0.2) is 0 Å². The predicted molar refractivity (Wildman–Crippen MR) is 116 cm³/mol. The number of fused-ring (bicyclic) bond motifs is 5. The van der Waals surface area contributed by atoms with Gasteiger partial charge in [-0.25, -0.2) is 4.79 Å². The van der Waals surface area contributed by atoms with Crippen LogP contribution in [0, 0.1) is 5.92 Å². The molecule has 7 rings (SSSR count). The number of rotatable bonds is 2. The molecule has 0 aliphatic carbocycles. The van der Waals surface area contributed by atoms with Gasteiger partial charge in [-0.1, -0.05) is 30.3 Å². The monoisotopic (exact) mass is 401 g/mol. The summed E-state index contributed by atoms with van der Waals surface area (Å²) in [6.07, 6.45) is 4.99. The molecule has 0 unspecified atom stereocenters. The Balaban J connectivity index is 1.34. The van der Waals surface area contributed by atoms with E-state index in [-0.39, 0.29) is 18.2 Å². The highest BCUT2D eigenvalue weighted by molar-refractivity contribution is 5.80. The first-order valence-electron chi connectivity index (χ1n) is 11.1. The molecule has 2 aromatic carbocycles. The fraction of sp³-hybridized carbons (Fsp3) is 0.400. The van der Waals surface area contributed by atoms with Crippen molar-refractivity contribution in [2.75, 3.05) is 26.2 Å². The molecule has 2 bridgehead atoms. The SMILES string of the molecule is O=C(O[C@@H]1CN2CCC1CC2)N1CCc2ccccc2[C@@H]1c1ccc2[nH]ccc2c1. The molecule has 4 aliphatic heterocycles. The van der Waals surface area contributed by atoms with Crippen molar-refractivity contribution in [3.8, 4) is 0 Å². The van der Waals surface area contributed by atoms with Gasteiger partial charge in [0.1, 0.15) is 6.10 Å². The molecule has 2 atom stereocenters. The standard InChI is InChI=1S/C25H27N3O2/c29-25(30-23-16-27-12-8-18(23)9-13-27)28-14-10-17-3-1-2-4-21(17)24(28)20-5-6-22-19(15-20)7-11-26-22/h1-7,11,15,18,23-24,26H,8-10,12-14,16H2/t23-,24+/m1/s1. The van der Waals surface area contributed by atoms with Crippen LogP contribution < -0.4 is 0 Å². The van der Waals surface area contributed by atoms with E-state index in [2.05, 4.69) is 58.4 Å². The van der Waals surface area contributed by atoms with Gasteiger partial charge in [0.2, 0.25) is 0 Å². The summed E-state index contributed by atoms with van der Waals surface area (Å²) in [7, 11) is 0. The van der Waals surface area contributed by atoms with Crippen molar-refractivity contribution >= 4 is 17.0 Å². The predicted octanol–water partition coefficient (Wildman–Crippen LogP) is 4.35. The van der Waals surface area contributed by atoms with Crippen molar-refractivity contribution < 1.29 is 9.53 Å². The lowest BCUT2D eigenvalue weighted by atomic mass is 9.86. The van der Waals surface area contributed by atoms with Gasteiger partial charge in [-0.05, 0) is 78.5 Å². The summed E-state index contributed by atoms with van der Waals surface area (Å²) in [5.74, 6) is 0.519. The third-order valence-corrected chi connectivity index (χ3v) is 7.26. The van der Waals surface area contributed by atoms with Crippen molar-refractivity contribution in [1.82, 2.24) is 14.8 Å². The van der Waals surface area contributed by atoms with Crippen molar-refractivity contribution in [3.63, 3.8) is 0 Å². The molecular formula is C25H27N3O2. The molecular weight excluding hydrogens is 374 g/mol. The number of nitrogens with one attached hydrogen (secondary N) is 1. The zero-order valence-corrected chi connectivity index (χ0v) is 17.1. The number of amides is 1. The van der Waals surface area contributed by atoms with Gasteiger partial charge >= 0.3 is 6.09 Å². The number of carbonyl (C=O) groups is 1. The maximum absolute atomic E-state index is 13.4. The molecule has 1 N–H and O–H groups in total. The quantitative estimate of drug-likeness (QED) is 0.695. The summed E-state index contributed by atoms with van der Waals surface area (Å²) in [5.41, 5.74) is 4.79. The highest BCUT2D eigenvalue weighted by Crippen LogP contribution is 2.37. The number of aromatic amines is 1. The van der Waals surface area contributed by atoms with Gasteiger partial charge in [0.25, 0.3) is 0 Å². The number of aromatic nitrogens is 1. The lowest BCUT2D eigenvalue weighted by Gasteiger charge is -2.45. The minimum absolute atomic E-state index is 0.0324. The molecule has 4 aliphatic rings. The van der Waals surface area contributed by atoms with Crippen LogP contribution in [0.1, 0.15) is 35.6 Å². The van der Waals surface area contributed by atoms with Crippen LogP contribution in [0.25, 0.3) is 10.9 Å². The summed E-state index contributed by atoms with van der Waals surface area (Å²) < 4.78 is 6.14. The molecule has 5 heteroatoms. The molecule has 0 saturated carbocycles. The van der Waals surface area contributed by atoms with Crippen molar-refractivity contribution in [1.29, 1.82) is 0 Å². The lowest BCUT2D eigenvalue weighted by molar-refractivity contribution is -0.0462. The maximum Gasteiger partial charge on any atom is 0.410 e. The topological polar surface area (TPSA) is 48.6 Å². The van der Waals surface area contributed by atoms with E-state index in [0.29, 0.717) is 12.5 Å². The second-order valence-corrected chi connectivity index (χ2v) is 8.93. The van der Waals surface area contributed by atoms with Crippen LogP contribution in [-0.4, -0.2) is 53.2 Å². The first-order valence-corrected chi connectivity index (χ1v) is 11.1. The zero-order chi connectivity index (χ0) is 20.1. The molecule has 5 heterocycles. The minimum Gasteiger partial charge on any atom is -0.444 e. The van der Waals surface area contributed by atoms with Gasteiger partial charge < -0.3 is 9.72 Å². The van der Waals surface area contributed by atoms with Crippen LogP contribution in [0.15, 0.2) is 54.7 Å². The van der Waals surface area contributed by atoms with Crippen LogP contribution in [-0.2, 0) is 11.2 Å². The van der Waals surface area contributed by atoms with E-state index in [0.717, 1.165) is 50.0 Å². The summed E-state index contributed by atoms with van der Waals surface area (Å²) in [6.45, 7) is 3.87. The summed E-state index contributed by atoms with van der Waals surface area (Å²) in [5, 5.41) is 1.17. The van der Waals surface area contributed by atoms with Crippen LogP contribution >= 0.6 is 0 Å². The Morgan fingerprint density at radius 1 is 1.03 bits per heavy atom. The first kappa shape index (κ1) is 18.0. The van der Waals surface area contributed by atoms with Crippen LogP contribution in [0.2, 0.25) is 0 Å². The van der Waals surface area contributed by atoms with Gasteiger partial charge in [-0.15, -0.1) is 0 Å². The molecule has 3 aromatic rings. The van der Waals surface area contributed by atoms with Crippen molar-refractivity contribution in [2.24, 2.45) is 5.92 Å². The number of piperidine rings is 3. The fourth-order valence-corrected chi connectivity index (χ4v) is 5.61. The molecule has 5 nitrogen and oxygen atoms in total. The van der Waals surface area contributed by atoms with E-state index >= 15 is 0 Å². The molecule has 154 valence electrons. The van der Waals surface area contributed by atoms with Gasteiger partial charge in [0.05, 0.1) is 6.04 Å². The molecule has 0 spiro atoms. The zero-order valence-electron chi connectivity index (χ0n) is 17.1. The van der Waals surface area contributed by atoms with E-state index in [1.165, 1.54) is 16.5 Å². The molecule has 1 amide bonds. The summed E-state index contributed by atoms with van der Waals surface area (Å²) in [4.78, 5) is 21.1. The van der Waals surface area contributed by atoms with Crippen molar-refractivity contribution in [3.05, 3.63) is 71.4 Å². The van der Waals surface area contributed by atoms with Crippen LogP contribution in [0.4, 0.5) is 4.79 Å². The number of nitrogens with zero attached hydrogens (tertiary/aromatic N) is 2. The normalized spacial score (nSPS) is 27.8. The average molecular weight is 402 g/mol. The third-order valence-electron chi connectivity index (χ3n) is 7.26. The number of hydrogen-bond donors (Lipinski definition) is 1. The Kier molecular flexibility index (Phi) is 4.30. The number of ether oxygens (including phenoxy) is 1. The number of carbonyl (C=O) groups excluding carboxylic acids is 1. The van der Waals surface area contributed by atoms with E-state index in [9.17, 15) is 4.79 Å². The van der Waals surface area contributed by atoms with E-state index in [1.807, 2.05) is 11.1 Å². The van der Waals surface area contributed by atoms with Crippen molar-refractivity contribution in [2.45, 2.75) is 31.4 Å². The second-order valence-electron chi connectivity index (χ2n) is 8.93. The van der Waals surface area contributed by atoms with Gasteiger partial charge in [0, 0.05) is 24.8 Å². The summed E-state index contributed by atoms with van der Waals surface area (Å²) >= 11 is 0. The second kappa shape index (κ2) is 7.17. The third kappa shape index (κ3) is 3.00. The molecule has 30 heavy (non-hydrogen) atoms. The number of H-pyrrole nitrogens is 1. The smallest absolute Gasteiger partial charge is 0.410 e. The first-order chi connectivity index (χ1) is 14.8. The number of benzene rings is 2. The van der Waals surface area contributed by atoms with E-state index in [1.54, 1.807) is 0 Å². The van der Waals surface area contributed by atoms with E-state index in [4.69, 9.17) is 4.74 Å². The van der Waals surface area contributed by atoms with Gasteiger partial charge in [-0.2, -0.15) is 0 Å². The van der Waals surface area contributed by atoms with Crippen LogP contribution in [0.3, 0.4) is 0 Å². The Labute approximate surface area is 176 Å². The summed E-state index contributed by atoms with van der Waals surface area (Å²) in [6, 6.07) is 16.9. The average Bonchev–Trinajstić information content (AvgIpc) is 3.27. The fourth-order valence-electron chi connectivity index (χ4n) is 5.61. The number of hydrogen-bond acceptors (Lipinski definition) is 3. The van der Waals surface area contributed by atoms with Gasteiger partial charge in [-0.3, -0.25) is 9.80 Å². The Bertz CT molecular complexity index is 1080. The van der Waals surface area contributed by atoms with Crippen LogP contribution in [0.5, 0.6) is 0 Å². The largest absolute Gasteiger partial charge is 0.444 e. The Hall–Kier alpha value is -2.79. The maximum atomic E-state index is 13.4. The molecule has 0 radical (unpaired) electrons.